The number of likely N-dealkylation sites (tertiary alicyclic amines) is 1. The van der Waals surface area contributed by atoms with E-state index in [9.17, 15) is 9.59 Å². The Morgan fingerprint density at radius 2 is 2.05 bits per heavy atom. The van der Waals surface area contributed by atoms with E-state index in [4.69, 9.17) is 5.26 Å². The summed E-state index contributed by atoms with van der Waals surface area (Å²) >= 11 is 0. The molecule has 1 atom stereocenters. The lowest BCUT2D eigenvalue weighted by Gasteiger charge is -2.29. The van der Waals surface area contributed by atoms with Crippen molar-refractivity contribution in [2.45, 2.75) is 19.8 Å². The third-order valence-corrected chi connectivity index (χ3v) is 3.43. The van der Waals surface area contributed by atoms with Crippen LogP contribution in [0.25, 0.3) is 0 Å². The van der Waals surface area contributed by atoms with Gasteiger partial charge in [0.2, 0.25) is 0 Å². The molecule has 2 amide bonds. The van der Waals surface area contributed by atoms with Crippen molar-refractivity contribution in [2.24, 2.45) is 5.92 Å². The molecule has 1 saturated heterocycles. The summed E-state index contributed by atoms with van der Waals surface area (Å²) in [7, 11) is 0. The molecule has 0 bridgehead atoms. The molecule has 0 saturated carbocycles. The summed E-state index contributed by atoms with van der Waals surface area (Å²) < 4.78 is 0. The minimum atomic E-state index is -0.194. The average Bonchev–Trinajstić information content (AvgIpc) is 2.47. The van der Waals surface area contributed by atoms with Crippen LogP contribution in [0.1, 0.15) is 30.1 Å². The van der Waals surface area contributed by atoms with Crippen LogP contribution in [-0.2, 0) is 0 Å². The molecular formula is C15H17N3O2. The summed E-state index contributed by atoms with van der Waals surface area (Å²) in [6.45, 7) is 2.66. The second-order valence-corrected chi connectivity index (χ2v) is 4.98. The van der Waals surface area contributed by atoms with Crippen LogP contribution in [-0.4, -0.2) is 29.8 Å². The van der Waals surface area contributed by atoms with Crippen LogP contribution in [0.2, 0.25) is 0 Å². The first-order valence-electron chi connectivity index (χ1n) is 6.66. The molecule has 20 heavy (non-hydrogen) atoms. The van der Waals surface area contributed by atoms with Crippen LogP contribution in [0.15, 0.2) is 24.3 Å². The van der Waals surface area contributed by atoms with Crippen molar-refractivity contribution in [1.29, 1.82) is 5.26 Å². The highest BCUT2D eigenvalue weighted by atomic mass is 16.2. The summed E-state index contributed by atoms with van der Waals surface area (Å²) in [4.78, 5) is 24.9. The highest BCUT2D eigenvalue weighted by Gasteiger charge is 2.23. The normalized spacial score (nSPS) is 18.2. The maximum Gasteiger partial charge on any atom is 0.321 e. The first-order valence-corrected chi connectivity index (χ1v) is 6.66. The van der Waals surface area contributed by atoms with Gasteiger partial charge in [-0.3, -0.25) is 4.79 Å². The van der Waals surface area contributed by atoms with Crippen molar-refractivity contribution in [1.82, 2.24) is 4.90 Å². The topological polar surface area (TPSA) is 73.2 Å². The molecule has 1 aliphatic heterocycles. The number of amides is 2. The number of nitrogens with zero attached hydrogens (tertiary/aromatic N) is 2. The fourth-order valence-corrected chi connectivity index (χ4v) is 2.26. The Labute approximate surface area is 118 Å². The molecule has 2 rings (SSSR count). The third kappa shape index (κ3) is 3.35. The maximum atomic E-state index is 12.1. The van der Waals surface area contributed by atoms with Gasteiger partial charge in [0.25, 0.3) is 0 Å². The molecule has 1 fully saturated rings. The molecule has 1 N–H and O–H groups in total. The zero-order valence-electron chi connectivity index (χ0n) is 11.4. The number of Topliss-reactive ketones (excluding diaryl/α,β-unsaturated/α-hetero) is 1. The Morgan fingerprint density at radius 1 is 1.35 bits per heavy atom. The van der Waals surface area contributed by atoms with Crippen molar-refractivity contribution in [3.8, 4) is 6.07 Å². The van der Waals surface area contributed by atoms with E-state index in [0.717, 1.165) is 12.8 Å². The van der Waals surface area contributed by atoms with E-state index in [-0.39, 0.29) is 17.7 Å². The molecule has 0 aliphatic carbocycles. The molecule has 1 aromatic rings. The van der Waals surface area contributed by atoms with Gasteiger partial charge in [0.15, 0.2) is 5.78 Å². The molecule has 1 aromatic carbocycles. The lowest BCUT2D eigenvalue weighted by atomic mass is 10.0. The van der Waals surface area contributed by atoms with Crippen molar-refractivity contribution in [2.75, 3.05) is 18.4 Å². The van der Waals surface area contributed by atoms with E-state index in [0.29, 0.717) is 24.3 Å². The van der Waals surface area contributed by atoms with E-state index >= 15 is 0 Å². The maximum absolute atomic E-state index is 12.1. The highest BCUT2D eigenvalue weighted by Crippen LogP contribution is 2.17. The zero-order chi connectivity index (χ0) is 14.5. The number of piperidine rings is 1. The molecule has 5 nitrogen and oxygen atoms in total. The number of nitriles is 1. The van der Waals surface area contributed by atoms with Gasteiger partial charge in [-0.2, -0.15) is 5.26 Å². The van der Waals surface area contributed by atoms with Crippen molar-refractivity contribution >= 4 is 17.5 Å². The Hall–Kier alpha value is -2.35. The van der Waals surface area contributed by atoms with Crippen LogP contribution in [0, 0.1) is 17.2 Å². The fraction of sp³-hybridized carbons (Fsp3) is 0.400. The van der Waals surface area contributed by atoms with Gasteiger partial charge in [0, 0.05) is 24.3 Å². The molecule has 0 spiro atoms. The van der Waals surface area contributed by atoms with Gasteiger partial charge < -0.3 is 10.2 Å². The third-order valence-electron chi connectivity index (χ3n) is 3.43. The largest absolute Gasteiger partial charge is 0.323 e. The standard InChI is InChI=1S/C15H17N3O2/c1-11(19)13-4-6-14(7-5-13)17-15(20)18-8-2-3-12(9-16)10-18/h4-7,12H,2-3,8,10H2,1H3,(H,17,20)/t12-/m1/s1. The van der Waals surface area contributed by atoms with Crippen molar-refractivity contribution < 1.29 is 9.59 Å². The smallest absolute Gasteiger partial charge is 0.321 e. The molecule has 0 aromatic heterocycles. The predicted molar refractivity (Wildman–Crippen MR) is 75.4 cm³/mol. The molecule has 0 unspecified atom stereocenters. The molecular weight excluding hydrogens is 254 g/mol. The second kappa shape index (κ2) is 6.20. The van der Waals surface area contributed by atoms with E-state index < -0.39 is 0 Å². The summed E-state index contributed by atoms with van der Waals surface area (Å²) in [6.07, 6.45) is 1.71. The van der Waals surface area contributed by atoms with E-state index in [1.54, 1.807) is 29.2 Å². The predicted octanol–water partition coefficient (Wildman–Crippen LogP) is 2.66. The number of benzene rings is 1. The van der Waals surface area contributed by atoms with E-state index in [1.807, 2.05) is 0 Å². The lowest BCUT2D eigenvalue weighted by Crippen LogP contribution is -2.42. The van der Waals surface area contributed by atoms with Gasteiger partial charge in [0.05, 0.1) is 12.0 Å². The van der Waals surface area contributed by atoms with Crippen LogP contribution < -0.4 is 5.32 Å². The number of hydrogen-bond acceptors (Lipinski definition) is 3. The first-order chi connectivity index (χ1) is 9.60. The van der Waals surface area contributed by atoms with Crippen LogP contribution in [0.5, 0.6) is 0 Å². The van der Waals surface area contributed by atoms with Gasteiger partial charge in [-0.15, -0.1) is 0 Å². The zero-order valence-corrected chi connectivity index (χ0v) is 11.4. The van der Waals surface area contributed by atoms with Gasteiger partial charge >= 0.3 is 6.03 Å². The summed E-state index contributed by atoms with van der Waals surface area (Å²) in [5, 5.41) is 11.7. The highest BCUT2D eigenvalue weighted by molar-refractivity contribution is 5.95. The molecule has 104 valence electrons. The van der Waals surface area contributed by atoms with E-state index in [2.05, 4.69) is 11.4 Å². The fourth-order valence-electron chi connectivity index (χ4n) is 2.26. The molecule has 1 heterocycles. The minimum Gasteiger partial charge on any atom is -0.323 e. The van der Waals surface area contributed by atoms with Crippen LogP contribution in [0.4, 0.5) is 10.5 Å². The quantitative estimate of drug-likeness (QED) is 0.840. The van der Waals surface area contributed by atoms with Crippen molar-refractivity contribution in [3.63, 3.8) is 0 Å². The first kappa shape index (κ1) is 14.1. The summed E-state index contributed by atoms with van der Waals surface area (Å²) in [5.74, 6) is -0.0784. The number of anilines is 1. The summed E-state index contributed by atoms with van der Waals surface area (Å²) in [6, 6.07) is 8.81. The number of urea groups is 1. The molecule has 5 heteroatoms. The number of hydrogen-bond donors (Lipinski definition) is 1. The van der Waals surface area contributed by atoms with E-state index in [1.165, 1.54) is 6.92 Å². The Balaban J connectivity index is 1.97. The van der Waals surface area contributed by atoms with Gasteiger partial charge in [-0.05, 0) is 44.0 Å². The Bertz CT molecular complexity index is 545. The molecule has 0 radical (unpaired) electrons. The lowest BCUT2D eigenvalue weighted by molar-refractivity contribution is 0.101. The van der Waals surface area contributed by atoms with Gasteiger partial charge in [0.1, 0.15) is 0 Å². The minimum absolute atomic E-state index is 0.00392. The van der Waals surface area contributed by atoms with Gasteiger partial charge in [-0.1, -0.05) is 0 Å². The average molecular weight is 271 g/mol. The number of carbonyl (C=O) groups excluding carboxylic acids is 2. The number of nitrogens with one attached hydrogen (secondary N) is 1. The van der Waals surface area contributed by atoms with Gasteiger partial charge in [-0.25, -0.2) is 4.79 Å². The molecule has 1 aliphatic rings. The van der Waals surface area contributed by atoms with Crippen LogP contribution >= 0.6 is 0 Å². The monoisotopic (exact) mass is 271 g/mol. The SMILES string of the molecule is CC(=O)c1ccc(NC(=O)N2CCC[C@H](C#N)C2)cc1. The number of ketones is 1. The van der Waals surface area contributed by atoms with Crippen LogP contribution in [0.3, 0.4) is 0 Å². The number of rotatable bonds is 2. The Morgan fingerprint density at radius 3 is 2.65 bits per heavy atom. The van der Waals surface area contributed by atoms with Crippen molar-refractivity contribution in [3.05, 3.63) is 29.8 Å². The summed E-state index contributed by atoms with van der Waals surface area (Å²) in [5.41, 5.74) is 1.27. The number of carbonyl (C=O) groups is 2. The second-order valence-electron chi connectivity index (χ2n) is 4.98. The Kier molecular flexibility index (Phi) is 4.36.